The first-order chi connectivity index (χ1) is 11.3. The number of phenols is 1. The van der Waals surface area contributed by atoms with Gasteiger partial charge in [0.05, 0.1) is 5.69 Å². The lowest BCUT2D eigenvalue weighted by molar-refractivity contribution is 0.475. The van der Waals surface area contributed by atoms with Crippen LogP contribution in [0.2, 0.25) is 0 Å². The molecule has 0 heterocycles. The summed E-state index contributed by atoms with van der Waals surface area (Å²) in [5, 5.41) is 20.9. The quantitative estimate of drug-likeness (QED) is 0.534. The number of aryl methyl sites for hydroxylation is 1. The molecule has 0 fully saturated rings. The Morgan fingerprint density at radius 3 is 2.42 bits per heavy atom. The summed E-state index contributed by atoms with van der Waals surface area (Å²) >= 11 is 0. The van der Waals surface area contributed by atoms with Crippen molar-refractivity contribution in [2.45, 2.75) is 33.1 Å². The predicted octanol–water partition coefficient (Wildman–Crippen LogP) is 6.57. The Bertz CT molecular complexity index is 921. The molecule has 0 atom stereocenters. The van der Waals surface area contributed by atoms with E-state index >= 15 is 0 Å². The molecule has 1 N–H and O–H groups in total. The van der Waals surface area contributed by atoms with Crippen LogP contribution in [0.1, 0.15) is 31.9 Å². The van der Waals surface area contributed by atoms with Crippen LogP contribution in [0.15, 0.2) is 64.8 Å². The number of phenolic OH excluding ortho intramolecular Hbond substituents is 1. The van der Waals surface area contributed by atoms with Gasteiger partial charge in [0.25, 0.3) is 0 Å². The van der Waals surface area contributed by atoms with Crippen LogP contribution in [0.25, 0.3) is 10.8 Å². The summed E-state index contributed by atoms with van der Waals surface area (Å²) in [6.45, 7) is 8.49. The zero-order chi connectivity index (χ0) is 17.3. The van der Waals surface area contributed by atoms with E-state index in [1.165, 1.54) is 10.9 Å². The maximum atomic E-state index is 10.0. The molecule has 0 aliphatic rings. The van der Waals surface area contributed by atoms with Crippen molar-refractivity contribution in [3.8, 4) is 5.75 Å². The van der Waals surface area contributed by atoms with Crippen molar-refractivity contribution >= 4 is 22.1 Å². The van der Waals surface area contributed by atoms with Gasteiger partial charge >= 0.3 is 0 Å². The van der Waals surface area contributed by atoms with E-state index in [4.69, 9.17) is 0 Å². The van der Waals surface area contributed by atoms with Gasteiger partial charge in [0.2, 0.25) is 0 Å². The third-order valence-electron chi connectivity index (χ3n) is 4.20. The second kappa shape index (κ2) is 6.08. The molecule has 0 unspecified atom stereocenters. The molecule has 0 saturated heterocycles. The first-order valence-electron chi connectivity index (χ1n) is 8.09. The minimum absolute atomic E-state index is 0.00154. The number of nitrogens with zero attached hydrogens (tertiary/aromatic N) is 2. The average molecular weight is 318 g/mol. The summed E-state index contributed by atoms with van der Waals surface area (Å²) in [5.41, 5.74) is 3.62. The Labute approximate surface area is 142 Å². The number of hydrogen-bond acceptors (Lipinski definition) is 3. The van der Waals surface area contributed by atoms with E-state index in [0.29, 0.717) is 5.69 Å². The van der Waals surface area contributed by atoms with Crippen molar-refractivity contribution in [3.05, 3.63) is 65.7 Å². The topological polar surface area (TPSA) is 45.0 Å². The van der Waals surface area contributed by atoms with E-state index in [1.807, 2.05) is 30.3 Å². The molecule has 122 valence electrons. The van der Waals surface area contributed by atoms with Gasteiger partial charge in [0, 0.05) is 0 Å². The van der Waals surface area contributed by atoms with Crippen LogP contribution >= 0.6 is 0 Å². The third kappa shape index (κ3) is 3.30. The van der Waals surface area contributed by atoms with E-state index in [2.05, 4.69) is 56.1 Å². The largest absolute Gasteiger partial charge is 0.506 e. The highest BCUT2D eigenvalue weighted by atomic mass is 16.3. The van der Waals surface area contributed by atoms with Gasteiger partial charge in [-0.05, 0) is 58.5 Å². The molecule has 3 aromatic carbocycles. The molecular formula is C21H22N2O. The fourth-order valence-electron chi connectivity index (χ4n) is 2.68. The molecule has 3 aromatic rings. The number of hydrogen-bond donors (Lipinski definition) is 1. The van der Waals surface area contributed by atoms with Crippen LogP contribution in [-0.4, -0.2) is 5.11 Å². The number of benzene rings is 3. The summed E-state index contributed by atoms with van der Waals surface area (Å²) in [6, 6.07) is 17.7. The molecule has 0 aliphatic carbocycles. The molecule has 0 spiro atoms. The first kappa shape index (κ1) is 16.2. The summed E-state index contributed by atoms with van der Waals surface area (Å²) in [6.07, 6.45) is 0. The zero-order valence-electron chi connectivity index (χ0n) is 14.5. The lowest BCUT2D eigenvalue weighted by atomic mass is 9.87. The van der Waals surface area contributed by atoms with Crippen molar-refractivity contribution in [2.75, 3.05) is 0 Å². The standard InChI is InChI=1S/C21H22N2O/c1-14-6-5-7-15-12-17(9-10-18(14)15)22-23-19-13-16(21(2,3)4)8-11-20(19)24/h5-13,24H,1-4H3. The maximum Gasteiger partial charge on any atom is 0.143 e. The molecule has 24 heavy (non-hydrogen) atoms. The Balaban J connectivity index is 1.96. The predicted molar refractivity (Wildman–Crippen MR) is 99.7 cm³/mol. The summed E-state index contributed by atoms with van der Waals surface area (Å²) in [4.78, 5) is 0. The van der Waals surface area contributed by atoms with Gasteiger partial charge in [-0.1, -0.05) is 51.1 Å². The van der Waals surface area contributed by atoms with E-state index in [0.717, 1.165) is 16.6 Å². The normalized spacial score (nSPS) is 12.2. The van der Waals surface area contributed by atoms with E-state index in [9.17, 15) is 5.11 Å². The average Bonchev–Trinajstić information content (AvgIpc) is 2.53. The van der Waals surface area contributed by atoms with Crippen molar-refractivity contribution in [1.82, 2.24) is 0 Å². The fraction of sp³-hybridized carbons (Fsp3) is 0.238. The summed E-state index contributed by atoms with van der Waals surface area (Å²) in [5.74, 6) is 0.142. The van der Waals surface area contributed by atoms with Crippen LogP contribution < -0.4 is 0 Å². The highest BCUT2D eigenvalue weighted by Gasteiger charge is 2.15. The van der Waals surface area contributed by atoms with Gasteiger partial charge < -0.3 is 5.11 Å². The molecular weight excluding hydrogens is 296 g/mol. The van der Waals surface area contributed by atoms with Gasteiger partial charge in [-0.3, -0.25) is 0 Å². The molecule has 0 radical (unpaired) electrons. The highest BCUT2D eigenvalue weighted by Crippen LogP contribution is 2.34. The second-order valence-electron chi connectivity index (χ2n) is 7.13. The molecule has 0 bridgehead atoms. The Kier molecular flexibility index (Phi) is 4.10. The molecule has 0 aliphatic heterocycles. The van der Waals surface area contributed by atoms with E-state index in [1.54, 1.807) is 6.07 Å². The van der Waals surface area contributed by atoms with E-state index in [-0.39, 0.29) is 11.2 Å². The lowest BCUT2D eigenvalue weighted by Gasteiger charge is -2.19. The Morgan fingerprint density at radius 1 is 0.875 bits per heavy atom. The molecule has 3 nitrogen and oxygen atoms in total. The van der Waals surface area contributed by atoms with Crippen LogP contribution in [-0.2, 0) is 5.41 Å². The molecule has 3 heteroatoms. The first-order valence-corrected chi connectivity index (χ1v) is 8.09. The van der Waals surface area contributed by atoms with Crippen LogP contribution in [0, 0.1) is 6.92 Å². The van der Waals surface area contributed by atoms with Gasteiger partial charge in [0.15, 0.2) is 0 Å². The number of aromatic hydroxyl groups is 1. The summed E-state index contributed by atoms with van der Waals surface area (Å²) < 4.78 is 0. The Morgan fingerprint density at radius 2 is 1.67 bits per heavy atom. The number of azo groups is 1. The monoisotopic (exact) mass is 318 g/mol. The summed E-state index contributed by atoms with van der Waals surface area (Å²) in [7, 11) is 0. The van der Waals surface area contributed by atoms with Crippen LogP contribution in [0.5, 0.6) is 5.75 Å². The Hall–Kier alpha value is -2.68. The highest BCUT2D eigenvalue weighted by molar-refractivity contribution is 5.87. The van der Waals surface area contributed by atoms with Gasteiger partial charge in [0.1, 0.15) is 11.4 Å². The lowest BCUT2D eigenvalue weighted by Crippen LogP contribution is -2.10. The van der Waals surface area contributed by atoms with Crippen LogP contribution in [0.4, 0.5) is 11.4 Å². The second-order valence-corrected chi connectivity index (χ2v) is 7.13. The minimum Gasteiger partial charge on any atom is -0.506 e. The van der Waals surface area contributed by atoms with E-state index < -0.39 is 0 Å². The molecule has 3 rings (SSSR count). The van der Waals surface area contributed by atoms with Crippen molar-refractivity contribution in [3.63, 3.8) is 0 Å². The molecule has 0 aromatic heterocycles. The van der Waals surface area contributed by atoms with Crippen molar-refractivity contribution in [1.29, 1.82) is 0 Å². The minimum atomic E-state index is -0.00154. The molecule has 0 amide bonds. The van der Waals surface area contributed by atoms with Gasteiger partial charge in [-0.15, -0.1) is 5.11 Å². The number of fused-ring (bicyclic) bond motifs is 1. The third-order valence-corrected chi connectivity index (χ3v) is 4.20. The smallest absolute Gasteiger partial charge is 0.143 e. The van der Waals surface area contributed by atoms with Crippen LogP contribution in [0.3, 0.4) is 0 Å². The fourth-order valence-corrected chi connectivity index (χ4v) is 2.68. The van der Waals surface area contributed by atoms with Crippen molar-refractivity contribution < 1.29 is 5.11 Å². The van der Waals surface area contributed by atoms with Gasteiger partial charge in [-0.2, -0.15) is 5.11 Å². The van der Waals surface area contributed by atoms with Gasteiger partial charge in [-0.25, -0.2) is 0 Å². The number of rotatable bonds is 2. The van der Waals surface area contributed by atoms with Crippen molar-refractivity contribution in [2.24, 2.45) is 10.2 Å². The zero-order valence-corrected chi connectivity index (χ0v) is 14.5. The SMILES string of the molecule is Cc1cccc2cc(N=Nc3cc(C(C)(C)C)ccc3O)ccc12. The molecule has 0 saturated carbocycles. The maximum absolute atomic E-state index is 10.0.